The highest BCUT2D eigenvalue weighted by Crippen LogP contribution is 2.70. The van der Waals surface area contributed by atoms with Crippen LogP contribution in [0.15, 0.2) is 23.8 Å². The Morgan fingerprint density at radius 1 is 1.33 bits per heavy atom. The first-order chi connectivity index (χ1) is 12.4. The number of halogens is 1. The Kier molecular flexibility index (Phi) is 3.97. The molecule has 0 amide bonds. The Labute approximate surface area is 164 Å². The molecule has 4 aliphatic carbocycles. The van der Waals surface area contributed by atoms with Gasteiger partial charge in [-0.2, -0.15) is 0 Å². The van der Waals surface area contributed by atoms with Crippen molar-refractivity contribution < 1.29 is 24.2 Å². The van der Waals surface area contributed by atoms with Crippen LogP contribution in [0.1, 0.15) is 46.5 Å². The summed E-state index contributed by atoms with van der Waals surface area (Å²) in [6.07, 6.45) is 4.71. The molecule has 4 nitrogen and oxygen atoms in total. The van der Waals surface area contributed by atoms with Crippen LogP contribution < -0.4 is 0 Å². The van der Waals surface area contributed by atoms with Crippen LogP contribution in [0.4, 0.5) is 4.39 Å². The van der Waals surface area contributed by atoms with E-state index in [1.165, 1.54) is 12.2 Å². The van der Waals surface area contributed by atoms with Gasteiger partial charge in [0.2, 0.25) is 5.12 Å². The van der Waals surface area contributed by atoms with E-state index in [1.807, 2.05) is 0 Å². The van der Waals surface area contributed by atoms with Gasteiger partial charge in [-0.05, 0) is 56.6 Å². The first-order valence-corrected chi connectivity index (χ1v) is 10.1. The number of carbonyl (C=O) groups is 2. The van der Waals surface area contributed by atoms with Crippen molar-refractivity contribution in [1.82, 2.24) is 0 Å². The van der Waals surface area contributed by atoms with E-state index in [1.54, 1.807) is 26.8 Å². The molecular weight excluding hydrogens is 367 g/mol. The van der Waals surface area contributed by atoms with Crippen LogP contribution in [0.3, 0.4) is 0 Å². The highest BCUT2D eigenvalue weighted by atomic mass is 32.1. The smallest absolute Gasteiger partial charge is 0.218 e. The number of alkyl halides is 1. The average Bonchev–Trinajstić information content (AvgIpc) is 2.79. The van der Waals surface area contributed by atoms with Crippen molar-refractivity contribution in [2.75, 3.05) is 0 Å². The molecule has 3 fully saturated rings. The molecule has 4 aliphatic rings. The zero-order valence-electron chi connectivity index (χ0n) is 15.9. The van der Waals surface area contributed by atoms with Gasteiger partial charge >= 0.3 is 0 Å². The van der Waals surface area contributed by atoms with Crippen LogP contribution in [-0.4, -0.2) is 38.5 Å². The molecule has 3 saturated carbocycles. The number of thiol groups is 1. The summed E-state index contributed by atoms with van der Waals surface area (Å²) in [4.78, 5) is 24.1. The largest absolute Gasteiger partial charge is 0.390 e. The first kappa shape index (κ1) is 19.3. The minimum absolute atomic E-state index is 0.0114. The van der Waals surface area contributed by atoms with E-state index in [0.29, 0.717) is 19.3 Å². The second kappa shape index (κ2) is 5.55. The van der Waals surface area contributed by atoms with Crippen LogP contribution in [0, 0.1) is 28.6 Å². The Bertz CT molecular complexity index is 793. The Balaban J connectivity index is 1.85. The molecule has 0 radical (unpaired) electrons. The van der Waals surface area contributed by atoms with Crippen molar-refractivity contribution in [2.24, 2.45) is 28.6 Å². The minimum Gasteiger partial charge on any atom is -0.390 e. The molecule has 8 atom stereocenters. The van der Waals surface area contributed by atoms with Crippen LogP contribution in [-0.2, 0) is 9.59 Å². The molecule has 4 rings (SSSR count). The molecule has 2 N–H and O–H groups in total. The standard InChI is InChI=1S/C21H27FO4S/c1-11-8-15-14-5-4-12-9-13(23)6-7-18(12,2)20(14,22)16(24)10-19(15,3)21(11,26)17(25)27/h6-7,9,11,14-16,24,26H,4-5,8,10H2,1-3H3,(H,25,27)/t11?,14-,15-,16?,18-,19-,20?,21?/m0/s1. The highest BCUT2D eigenvalue weighted by molar-refractivity contribution is 7.96. The van der Waals surface area contributed by atoms with Crippen molar-refractivity contribution in [3.8, 4) is 0 Å². The summed E-state index contributed by atoms with van der Waals surface area (Å²) in [6, 6.07) is 0. The molecule has 27 heavy (non-hydrogen) atoms. The minimum atomic E-state index is -1.94. The van der Waals surface area contributed by atoms with Gasteiger partial charge in [0.05, 0.1) is 6.10 Å². The van der Waals surface area contributed by atoms with Gasteiger partial charge in [-0.3, -0.25) is 9.59 Å². The molecule has 0 aliphatic heterocycles. The molecule has 4 unspecified atom stereocenters. The first-order valence-electron chi connectivity index (χ1n) is 9.70. The summed E-state index contributed by atoms with van der Waals surface area (Å²) >= 11 is 3.96. The SMILES string of the molecule is CC1C[C@H]2[C@@H]3CCC4=CC(=O)C=C[C@]4(C)C3(F)C(O)C[C@]2(C)C1(O)C(=O)S. The summed E-state index contributed by atoms with van der Waals surface area (Å²) in [5.74, 6) is -1.26. The van der Waals surface area contributed by atoms with Gasteiger partial charge in [0.25, 0.3) is 0 Å². The van der Waals surface area contributed by atoms with Gasteiger partial charge in [0.1, 0.15) is 5.60 Å². The van der Waals surface area contributed by atoms with E-state index in [9.17, 15) is 19.8 Å². The van der Waals surface area contributed by atoms with Crippen molar-refractivity contribution in [3.05, 3.63) is 23.8 Å². The molecule has 0 aromatic heterocycles. The van der Waals surface area contributed by atoms with Crippen LogP contribution in [0.5, 0.6) is 0 Å². The molecule has 0 aromatic carbocycles. The monoisotopic (exact) mass is 394 g/mol. The van der Waals surface area contributed by atoms with Gasteiger partial charge in [-0.15, -0.1) is 12.6 Å². The number of allylic oxidation sites excluding steroid dienone is 4. The normalized spacial score (nSPS) is 54.0. The number of aliphatic hydroxyl groups is 2. The predicted octanol–water partition coefficient (Wildman–Crippen LogP) is 2.79. The quantitative estimate of drug-likeness (QED) is 0.598. The highest BCUT2D eigenvalue weighted by Gasteiger charge is 2.75. The molecule has 148 valence electrons. The predicted molar refractivity (Wildman–Crippen MR) is 102 cm³/mol. The molecule has 0 bridgehead atoms. The topological polar surface area (TPSA) is 74.6 Å². The van der Waals surface area contributed by atoms with Gasteiger partial charge in [0, 0.05) is 16.7 Å². The maximum atomic E-state index is 16.8. The van der Waals surface area contributed by atoms with Crippen molar-refractivity contribution in [2.45, 2.75) is 63.8 Å². The van der Waals surface area contributed by atoms with Crippen LogP contribution in [0.25, 0.3) is 0 Å². The third-order valence-corrected chi connectivity index (χ3v) is 8.89. The second-order valence-corrected chi connectivity index (χ2v) is 9.88. The van der Waals surface area contributed by atoms with Gasteiger partial charge in [0.15, 0.2) is 11.5 Å². The summed E-state index contributed by atoms with van der Waals surface area (Å²) in [5, 5.41) is 21.8. The Morgan fingerprint density at radius 3 is 2.63 bits per heavy atom. The maximum absolute atomic E-state index is 16.8. The number of aliphatic hydroxyl groups excluding tert-OH is 1. The molecule has 6 heteroatoms. The summed E-state index contributed by atoms with van der Waals surface area (Å²) in [7, 11) is 0. The zero-order chi connectivity index (χ0) is 20.0. The number of rotatable bonds is 1. The van der Waals surface area contributed by atoms with Crippen LogP contribution in [0.2, 0.25) is 0 Å². The number of ketones is 1. The van der Waals surface area contributed by atoms with E-state index in [2.05, 4.69) is 12.6 Å². The van der Waals surface area contributed by atoms with E-state index >= 15 is 4.39 Å². The Hall–Kier alpha value is -0.980. The zero-order valence-corrected chi connectivity index (χ0v) is 16.8. The lowest BCUT2D eigenvalue weighted by molar-refractivity contribution is -0.216. The third-order valence-electron chi connectivity index (χ3n) is 8.55. The number of fused-ring (bicyclic) bond motifs is 5. The molecular formula is C21H27FO4S. The van der Waals surface area contributed by atoms with Gasteiger partial charge < -0.3 is 10.2 Å². The molecule has 0 spiro atoms. The molecule has 0 aromatic rings. The molecule has 0 saturated heterocycles. The van der Waals surface area contributed by atoms with E-state index < -0.39 is 39.2 Å². The van der Waals surface area contributed by atoms with Crippen molar-refractivity contribution in [1.29, 1.82) is 0 Å². The average molecular weight is 395 g/mol. The lowest BCUT2D eigenvalue weighted by Crippen LogP contribution is -2.69. The fourth-order valence-corrected chi connectivity index (χ4v) is 7.48. The van der Waals surface area contributed by atoms with Crippen LogP contribution >= 0.6 is 12.6 Å². The van der Waals surface area contributed by atoms with Crippen molar-refractivity contribution in [3.63, 3.8) is 0 Å². The number of carbonyl (C=O) groups excluding carboxylic acids is 2. The fraction of sp³-hybridized carbons (Fsp3) is 0.714. The fourth-order valence-electron chi connectivity index (χ4n) is 7.00. The number of hydrogen-bond acceptors (Lipinski definition) is 4. The summed E-state index contributed by atoms with van der Waals surface area (Å²) in [5.41, 5.74) is -4.89. The molecule has 0 heterocycles. The second-order valence-electron chi connectivity index (χ2n) is 9.47. The van der Waals surface area contributed by atoms with Gasteiger partial charge in [-0.25, -0.2) is 4.39 Å². The summed E-state index contributed by atoms with van der Waals surface area (Å²) in [6.45, 7) is 5.36. The van der Waals surface area contributed by atoms with E-state index in [-0.39, 0.29) is 24.0 Å². The van der Waals surface area contributed by atoms with Crippen molar-refractivity contribution >= 4 is 23.5 Å². The Morgan fingerprint density at radius 2 is 2.00 bits per heavy atom. The lowest BCUT2D eigenvalue weighted by atomic mass is 9.45. The maximum Gasteiger partial charge on any atom is 0.218 e. The number of hydrogen-bond donors (Lipinski definition) is 3. The third kappa shape index (κ3) is 2.02. The lowest BCUT2D eigenvalue weighted by Gasteiger charge is -2.62. The van der Waals surface area contributed by atoms with Gasteiger partial charge in [-0.1, -0.05) is 25.5 Å². The van der Waals surface area contributed by atoms with E-state index in [4.69, 9.17) is 0 Å². The summed E-state index contributed by atoms with van der Waals surface area (Å²) < 4.78 is 16.8. The van der Waals surface area contributed by atoms with E-state index in [0.717, 1.165) is 5.57 Å².